The van der Waals surface area contributed by atoms with Crippen molar-refractivity contribution in [1.29, 1.82) is 0 Å². The van der Waals surface area contributed by atoms with Gasteiger partial charge in [-0.25, -0.2) is 4.98 Å². The van der Waals surface area contributed by atoms with Gasteiger partial charge in [-0.05, 0) is 18.6 Å². The number of oxime groups is 1. The monoisotopic (exact) mass is 276 g/mol. The van der Waals surface area contributed by atoms with Crippen molar-refractivity contribution in [1.82, 2.24) is 4.98 Å². The van der Waals surface area contributed by atoms with Crippen LogP contribution in [0.3, 0.4) is 0 Å². The molecule has 1 aromatic heterocycles. The number of rotatable bonds is 4. The summed E-state index contributed by atoms with van der Waals surface area (Å²) >= 11 is 1.58. The van der Waals surface area contributed by atoms with Crippen LogP contribution in [0.15, 0.2) is 34.8 Å². The first-order valence-corrected chi connectivity index (χ1v) is 6.80. The van der Waals surface area contributed by atoms with Crippen molar-refractivity contribution in [3.8, 4) is 0 Å². The molecule has 0 unspecified atom stereocenters. The highest BCUT2D eigenvalue weighted by Crippen LogP contribution is 2.29. The Kier molecular flexibility index (Phi) is 4.01. The molecule has 5 nitrogen and oxygen atoms in total. The SMILES string of the molecule is CCc1csc(N(C)c2ccccc2C(N)=NO)n1. The second-order valence-electron chi connectivity index (χ2n) is 4.04. The molecule has 0 saturated heterocycles. The number of benzene rings is 1. The van der Waals surface area contributed by atoms with E-state index in [1.807, 2.05) is 41.6 Å². The van der Waals surface area contributed by atoms with Crippen LogP contribution in [0, 0.1) is 0 Å². The lowest BCUT2D eigenvalue weighted by Gasteiger charge is -2.19. The highest BCUT2D eigenvalue weighted by molar-refractivity contribution is 7.13. The molecule has 6 heteroatoms. The minimum Gasteiger partial charge on any atom is -0.409 e. The Morgan fingerprint density at radius 3 is 2.84 bits per heavy atom. The molecule has 1 heterocycles. The number of nitrogens with zero attached hydrogens (tertiary/aromatic N) is 3. The highest BCUT2D eigenvalue weighted by atomic mass is 32.1. The lowest BCUT2D eigenvalue weighted by molar-refractivity contribution is 0.318. The van der Waals surface area contributed by atoms with Crippen LogP contribution in [-0.2, 0) is 6.42 Å². The van der Waals surface area contributed by atoms with Gasteiger partial charge in [0, 0.05) is 18.0 Å². The van der Waals surface area contributed by atoms with Crippen LogP contribution in [-0.4, -0.2) is 23.1 Å². The molecular formula is C13H16N4OS. The van der Waals surface area contributed by atoms with Crippen molar-refractivity contribution in [3.63, 3.8) is 0 Å². The number of nitrogens with two attached hydrogens (primary N) is 1. The van der Waals surface area contributed by atoms with Crippen LogP contribution in [0.5, 0.6) is 0 Å². The Morgan fingerprint density at radius 2 is 2.21 bits per heavy atom. The summed E-state index contributed by atoms with van der Waals surface area (Å²) in [6.45, 7) is 2.07. The first-order chi connectivity index (χ1) is 9.17. The summed E-state index contributed by atoms with van der Waals surface area (Å²) in [5.41, 5.74) is 8.30. The standard InChI is InChI=1S/C13H16N4OS/c1-3-9-8-19-13(15-9)17(2)11-7-5-4-6-10(11)12(14)16-18/h4-8,18H,3H2,1-2H3,(H2,14,16). The fourth-order valence-corrected chi connectivity index (χ4v) is 2.64. The Bertz CT molecular complexity index is 594. The van der Waals surface area contributed by atoms with E-state index in [9.17, 15) is 0 Å². The van der Waals surface area contributed by atoms with E-state index in [2.05, 4.69) is 17.1 Å². The summed E-state index contributed by atoms with van der Waals surface area (Å²) in [6.07, 6.45) is 0.909. The molecule has 0 spiro atoms. The Labute approximate surface area is 116 Å². The van der Waals surface area contributed by atoms with Crippen molar-refractivity contribution in [3.05, 3.63) is 40.9 Å². The van der Waals surface area contributed by atoms with E-state index in [0.717, 1.165) is 22.9 Å². The molecular weight excluding hydrogens is 260 g/mol. The molecule has 3 N–H and O–H groups in total. The molecule has 2 aromatic rings. The molecule has 0 amide bonds. The second-order valence-corrected chi connectivity index (χ2v) is 4.87. The number of hydrogen-bond acceptors (Lipinski definition) is 5. The molecule has 0 fully saturated rings. The van der Waals surface area contributed by atoms with E-state index >= 15 is 0 Å². The van der Waals surface area contributed by atoms with Gasteiger partial charge < -0.3 is 15.8 Å². The third-order valence-corrected chi connectivity index (χ3v) is 3.80. The average Bonchev–Trinajstić information content (AvgIpc) is 2.94. The van der Waals surface area contributed by atoms with Crippen LogP contribution in [0.2, 0.25) is 0 Å². The second kappa shape index (κ2) is 5.71. The summed E-state index contributed by atoms with van der Waals surface area (Å²) in [7, 11) is 1.92. The van der Waals surface area contributed by atoms with Gasteiger partial charge in [-0.3, -0.25) is 0 Å². The minimum absolute atomic E-state index is 0.0923. The van der Waals surface area contributed by atoms with Crippen LogP contribution >= 0.6 is 11.3 Å². The minimum atomic E-state index is 0.0923. The van der Waals surface area contributed by atoms with E-state index in [0.29, 0.717) is 5.56 Å². The summed E-state index contributed by atoms with van der Waals surface area (Å²) in [4.78, 5) is 6.47. The molecule has 0 aliphatic heterocycles. The zero-order chi connectivity index (χ0) is 13.8. The number of amidine groups is 1. The molecule has 0 aliphatic rings. The normalized spacial score (nSPS) is 11.6. The Morgan fingerprint density at radius 1 is 1.47 bits per heavy atom. The average molecular weight is 276 g/mol. The molecule has 0 saturated carbocycles. The molecule has 19 heavy (non-hydrogen) atoms. The third-order valence-electron chi connectivity index (χ3n) is 2.84. The topological polar surface area (TPSA) is 74.7 Å². The largest absolute Gasteiger partial charge is 0.409 e. The summed E-state index contributed by atoms with van der Waals surface area (Å²) in [6, 6.07) is 7.49. The van der Waals surface area contributed by atoms with E-state index < -0.39 is 0 Å². The molecule has 0 atom stereocenters. The first-order valence-electron chi connectivity index (χ1n) is 5.92. The molecule has 2 rings (SSSR count). The maximum atomic E-state index is 8.84. The number of hydrogen-bond donors (Lipinski definition) is 2. The number of anilines is 2. The zero-order valence-corrected chi connectivity index (χ0v) is 11.7. The summed E-state index contributed by atoms with van der Waals surface area (Å²) in [5.74, 6) is 0.0923. The Balaban J connectivity index is 2.41. The predicted octanol–water partition coefficient (Wildman–Crippen LogP) is 2.57. The van der Waals surface area contributed by atoms with Gasteiger partial charge in [-0.1, -0.05) is 24.2 Å². The highest BCUT2D eigenvalue weighted by Gasteiger charge is 2.14. The van der Waals surface area contributed by atoms with Gasteiger partial charge in [-0.15, -0.1) is 11.3 Å². The quantitative estimate of drug-likeness (QED) is 0.389. The van der Waals surface area contributed by atoms with Gasteiger partial charge in [0.25, 0.3) is 0 Å². The smallest absolute Gasteiger partial charge is 0.189 e. The van der Waals surface area contributed by atoms with Crippen LogP contribution < -0.4 is 10.6 Å². The van der Waals surface area contributed by atoms with E-state index in [1.165, 1.54) is 0 Å². The van der Waals surface area contributed by atoms with E-state index in [4.69, 9.17) is 10.9 Å². The van der Waals surface area contributed by atoms with Gasteiger partial charge in [0.05, 0.1) is 11.4 Å². The van der Waals surface area contributed by atoms with Crippen LogP contribution in [0.25, 0.3) is 0 Å². The fraction of sp³-hybridized carbons (Fsp3) is 0.231. The van der Waals surface area contributed by atoms with Gasteiger partial charge in [0.15, 0.2) is 11.0 Å². The van der Waals surface area contributed by atoms with Crippen molar-refractivity contribution in [2.24, 2.45) is 10.9 Å². The fourth-order valence-electron chi connectivity index (χ4n) is 1.75. The predicted molar refractivity (Wildman–Crippen MR) is 78.5 cm³/mol. The Hall–Kier alpha value is -2.08. The molecule has 100 valence electrons. The molecule has 0 bridgehead atoms. The lowest BCUT2D eigenvalue weighted by Crippen LogP contribution is -2.19. The number of aryl methyl sites for hydroxylation is 1. The van der Waals surface area contributed by atoms with Crippen LogP contribution in [0.1, 0.15) is 18.2 Å². The first kappa shape index (κ1) is 13.4. The van der Waals surface area contributed by atoms with Crippen LogP contribution in [0.4, 0.5) is 10.8 Å². The van der Waals surface area contributed by atoms with Crippen molar-refractivity contribution < 1.29 is 5.21 Å². The summed E-state index contributed by atoms with van der Waals surface area (Å²) < 4.78 is 0. The van der Waals surface area contributed by atoms with E-state index in [1.54, 1.807) is 11.3 Å². The van der Waals surface area contributed by atoms with Crippen molar-refractivity contribution in [2.45, 2.75) is 13.3 Å². The lowest BCUT2D eigenvalue weighted by atomic mass is 10.1. The van der Waals surface area contributed by atoms with E-state index in [-0.39, 0.29) is 5.84 Å². The van der Waals surface area contributed by atoms with Crippen molar-refractivity contribution in [2.75, 3.05) is 11.9 Å². The van der Waals surface area contributed by atoms with Gasteiger partial charge in [0.1, 0.15) is 0 Å². The van der Waals surface area contributed by atoms with Gasteiger partial charge in [0.2, 0.25) is 0 Å². The number of aromatic nitrogens is 1. The number of para-hydroxylation sites is 1. The van der Waals surface area contributed by atoms with Crippen molar-refractivity contribution >= 4 is 28.0 Å². The maximum absolute atomic E-state index is 8.84. The zero-order valence-electron chi connectivity index (χ0n) is 10.9. The third kappa shape index (κ3) is 2.68. The van der Waals surface area contributed by atoms with Gasteiger partial charge >= 0.3 is 0 Å². The molecule has 0 aliphatic carbocycles. The maximum Gasteiger partial charge on any atom is 0.189 e. The molecule has 1 aromatic carbocycles. The summed E-state index contributed by atoms with van der Waals surface area (Å²) in [5, 5.41) is 14.8. The number of thiazole rings is 1. The van der Waals surface area contributed by atoms with Gasteiger partial charge in [-0.2, -0.15) is 0 Å². The molecule has 0 radical (unpaired) electrons.